The zero-order valence-corrected chi connectivity index (χ0v) is 73.6. The van der Waals surface area contributed by atoms with E-state index in [4.69, 9.17) is 0 Å². The topological polar surface area (TPSA) is 19.7 Å². The zero-order valence-electron chi connectivity index (χ0n) is 73.6. The fraction of sp³-hybridized carbons (Fsp3) is 0. The van der Waals surface area contributed by atoms with Gasteiger partial charge in [-0.3, -0.25) is 0 Å². The van der Waals surface area contributed by atoms with E-state index in [1.54, 1.807) is 0 Å². The maximum absolute atomic E-state index is 2.44. The molecule has 26 rings (SSSR count). The molecule has 4 aromatic heterocycles. The maximum atomic E-state index is 2.44. The number of nitrogens with zero attached hydrogens (tertiary/aromatic N) is 4. The summed E-state index contributed by atoms with van der Waals surface area (Å²) in [5.74, 6) is 0. The van der Waals surface area contributed by atoms with Crippen LogP contribution >= 0.6 is 0 Å². The number of hydrogen-bond donors (Lipinski definition) is 0. The summed E-state index contributed by atoms with van der Waals surface area (Å²) in [5, 5.41) is 12.7. The standard InChI is InChI=1S/C48H32N2.C42H29N.C40H27N/c1-3-15-33(16-4-1)35-27-36(34-17-5-2-6-18-34)29-37(28-35)38-30-39(49-45-23-11-7-19-41(45)42-20-8-12-24-46(42)49)32-40(31-38)50-47-25-13-9-21-43(47)44-22-10-14-26-48(44)50;1-3-11-30(12-4-1)35-27-36(31-13-5-2-6-14-31)29-37(28-35)34-21-19-32(20-22-34)33-23-25-38(26-24-33)43-41-17-9-7-15-39(41)40-16-8-10-18-42(40)43;1-3-11-28(12-4-1)32-21-25-34(37(27-32)29-13-5-2-6-14-29)31-19-23-33(24-20-31)41-38-18-10-9-17-36(38)40-35-16-8-7-15-30(35)22-26-39(40)41/h1-32H;1-29H;1-27H. The Labute approximate surface area is 778 Å². The Bertz CT molecular complexity index is 8450. The fourth-order valence-corrected chi connectivity index (χ4v) is 20.3. The van der Waals surface area contributed by atoms with E-state index in [0.717, 1.165) is 22.6 Å². The Morgan fingerprint density at radius 3 is 0.701 bits per heavy atom. The van der Waals surface area contributed by atoms with Crippen LogP contribution in [0.15, 0.2) is 534 Å². The molecule has 0 unspecified atom stereocenters. The molecule has 0 aliphatic carbocycles. The monoisotopic (exact) mass is 1700 g/mol. The third-order valence-corrected chi connectivity index (χ3v) is 26.7. The lowest BCUT2D eigenvalue weighted by molar-refractivity contribution is 1.13. The van der Waals surface area contributed by atoms with Crippen molar-refractivity contribution >= 4 is 98.0 Å². The molecule has 0 saturated carbocycles. The molecule has 4 heterocycles. The van der Waals surface area contributed by atoms with E-state index in [1.165, 1.54) is 209 Å². The molecular weight excluding hydrogens is 1620 g/mol. The molecule has 4 heteroatoms. The van der Waals surface area contributed by atoms with Crippen LogP contribution < -0.4 is 0 Å². The molecule has 0 saturated heterocycles. The summed E-state index contributed by atoms with van der Waals surface area (Å²) >= 11 is 0. The number of para-hydroxylation sites is 7. The Morgan fingerprint density at radius 2 is 0.336 bits per heavy atom. The van der Waals surface area contributed by atoms with Crippen molar-refractivity contribution in [2.24, 2.45) is 0 Å². The molecule has 134 heavy (non-hydrogen) atoms. The first-order valence-electron chi connectivity index (χ1n) is 46.1. The summed E-state index contributed by atoms with van der Waals surface area (Å²) in [6.45, 7) is 0. The van der Waals surface area contributed by atoms with Gasteiger partial charge in [0.1, 0.15) is 0 Å². The third-order valence-electron chi connectivity index (χ3n) is 26.7. The molecule has 0 fully saturated rings. The van der Waals surface area contributed by atoms with Gasteiger partial charge in [-0.15, -0.1) is 0 Å². The minimum absolute atomic E-state index is 1.13. The van der Waals surface area contributed by atoms with Crippen molar-refractivity contribution in [2.75, 3.05) is 0 Å². The molecule has 0 N–H and O–H groups in total. The highest BCUT2D eigenvalue weighted by Gasteiger charge is 2.22. The normalized spacial score (nSPS) is 11.4. The van der Waals surface area contributed by atoms with Gasteiger partial charge < -0.3 is 18.3 Å². The fourth-order valence-electron chi connectivity index (χ4n) is 20.3. The predicted molar refractivity (Wildman–Crippen MR) is 569 cm³/mol. The van der Waals surface area contributed by atoms with Crippen LogP contribution in [0.1, 0.15) is 0 Å². The van der Waals surface area contributed by atoms with Gasteiger partial charge in [-0.2, -0.15) is 0 Å². The van der Waals surface area contributed by atoms with E-state index < -0.39 is 0 Å². The van der Waals surface area contributed by atoms with E-state index in [1.807, 2.05) is 0 Å². The van der Waals surface area contributed by atoms with Crippen LogP contribution in [0.25, 0.3) is 232 Å². The Morgan fingerprint density at radius 1 is 0.104 bits per heavy atom. The summed E-state index contributed by atoms with van der Waals surface area (Å²) in [7, 11) is 0. The number of fused-ring (bicyclic) bond motifs is 14. The average Bonchev–Trinajstić information content (AvgIpc) is 1.59. The molecule has 26 aromatic rings. The molecule has 0 bridgehead atoms. The van der Waals surface area contributed by atoms with Crippen molar-refractivity contribution in [3.05, 3.63) is 534 Å². The van der Waals surface area contributed by atoms with E-state index in [2.05, 4.69) is 552 Å². The van der Waals surface area contributed by atoms with E-state index in [0.29, 0.717) is 0 Å². The molecule has 0 atom stereocenters. The summed E-state index contributed by atoms with van der Waals surface area (Å²) in [5.41, 5.74) is 38.5. The van der Waals surface area contributed by atoms with Gasteiger partial charge >= 0.3 is 0 Å². The van der Waals surface area contributed by atoms with Gasteiger partial charge in [0.25, 0.3) is 0 Å². The Hall–Kier alpha value is -17.7. The van der Waals surface area contributed by atoms with E-state index >= 15 is 0 Å². The van der Waals surface area contributed by atoms with Crippen molar-refractivity contribution in [3.8, 4) is 134 Å². The first kappa shape index (κ1) is 79.7. The SMILES string of the molecule is c1ccc(-c2cc(-c3ccccc3)cc(-c3cc(-n4c5ccccc5c5ccccc54)cc(-n4c5ccccc5c5ccccc54)c3)c2)cc1.c1ccc(-c2cc(-c3ccccc3)cc(-c3ccc(-c4ccc(-n5c6ccccc6c6ccccc65)cc4)cc3)c2)cc1.c1ccc(-c2ccc(-c3ccc(-n4c5ccccc5c5c6ccccc6ccc54)cc3)c(-c3ccccc3)c2)cc1. The summed E-state index contributed by atoms with van der Waals surface area (Å²) < 4.78 is 9.63. The van der Waals surface area contributed by atoms with Crippen LogP contribution in [0, 0.1) is 0 Å². The van der Waals surface area contributed by atoms with Crippen molar-refractivity contribution in [3.63, 3.8) is 0 Å². The van der Waals surface area contributed by atoms with Crippen molar-refractivity contribution in [1.82, 2.24) is 18.3 Å². The Balaban J connectivity index is 0.000000111. The minimum Gasteiger partial charge on any atom is -0.309 e. The van der Waals surface area contributed by atoms with Crippen molar-refractivity contribution in [2.45, 2.75) is 0 Å². The van der Waals surface area contributed by atoms with Gasteiger partial charge in [-0.05, 0) is 256 Å². The van der Waals surface area contributed by atoms with Gasteiger partial charge in [0.2, 0.25) is 0 Å². The summed E-state index contributed by atoms with van der Waals surface area (Å²) in [4.78, 5) is 0. The van der Waals surface area contributed by atoms with Gasteiger partial charge in [-0.25, -0.2) is 0 Å². The van der Waals surface area contributed by atoms with Crippen LogP contribution in [-0.2, 0) is 0 Å². The molecule has 0 radical (unpaired) electrons. The van der Waals surface area contributed by atoms with Crippen LogP contribution in [0.2, 0.25) is 0 Å². The third kappa shape index (κ3) is 14.9. The molecule has 628 valence electrons. The van der Waals surface area contributed by atoms with Crippen LogP contribution in [0.5, 0.6) is 0 Å². The lowest BCUT2D eigenvalue weighted by Crippen LogP contribution is -2.00. The van der Waals surface area contributed by atoms with E-state index in [9.17, 15) is 0 Å². The molecular formula is C130H88N4. The molecule has 0 aliphatic heterocycles. The number of benzene rings is 22. The lowest BCUT2D eigenvalue weighted by Gasteiger charge is -2.17. The zero-order chi connectivity index (χ0) is 88.8. The van der Waals surface area contributed by atoms with Crippen LogP contribution in [-0.4, -0.2) is 18.3 Å². The Kier molecular flexibility index (Phi) is 20.6. The highest BCUT2D eigenvalue weighted by Crippen LogP contribution is 2.45. The van der Waals surface area contributed by atoms with E-state index in [-0.39, 0.29) is 0 Å². The largest absolute Gasteiger partial charge is 0.309 e. The smallest absolute Gasteiger partial charge is 0.0547 e. The number of hydrogen-bond acceptors (Lipinski definition) is 0. The molecule has 0 amide bonds. The highest BCUT2D eigenvalue weighted by atomic mass is 15.0. The van der Waals surface area contributed by atoms with Crippen LogP contribution in [0.3, 0.4) is 0 Å². The number of rotatable bonds is 14. The second-order valence-electron chi connectivity index (χ2n) is 34.6. The van der Waals surface area contributed by atoms with Gasteiger partial charge in [0.05, 0.1) is 44.1 Å². The molecule has 22 aromatic carbocycles. The van der Waals surface area contributed by atoms with Gasteiger partial charge in [0, 0.05) is 65.8 Å². The molecule has 0 aliphatic rings. The van der Waals surface area contributed by atoms with Gasteiger partial charge in [-0.1, -0.05) is 400 Å². The maximum Gasteiger partial charge on any atom is 0.0547 e. The van der Waals surface area contributed by atoms with Crippen molar-refractivity contribution in [1.29, 1.82) is 0 Å². The summed E-state index contributed by atoms with van der Waals surface area (Å²) in [6.07, 6.45) is 0. The first-order valence-corrected chi connectivity index (χ1v) is 46.1. The van der Waals surface area contributed by atoms with Crippen LogP contribution in [0.4, 0.5) is 0 Å². The highest BCUT2D eigenvalue weighted by molar-refractivity contribution is 6.21. The molecule has 0 spiro atoms. The van der Waals surface area contributed by atoms with Crippen molar-refractivity contribution < 1.29 is 0 Å². The average molecular weight is 1710 g/mol. The quantitative estimate of drug-likeness (QED) is 0.103. The minimum atomic E-state index is 1.13. The lowest BCUT2D eigenvalue weighted by atomic mass is 9.91. The first-order chi connectivity index (χ1) is 66.5. The molecule has 4 nitrogen and oxygen atoms in total. The number of aromatic nitrogens is 4. The second kappa shape index (κ2) is 34.7. The second-order valence-corrected chi connectivity index (χ2v) is 34.6. The van der Waals surface area contributed by atoms with Gasteiger partial charge in [0.15, 0.2) is 0 Å². The predicted octanol–water partition coefficient (Wildman–Crippen LogP) is 35.3. The summed E-state index contributed by atoms with van der Waals surface area (Å²) in [6, 6.07) is 193.